The third-order valence-corrected chi connectivity index (χ3v) is 4.30. The van der Waals surface area contributed by atoms with E-state index in [9.17, 15) is 13.2 Å². The molecule has 0 bridgehead atoms. The lowest BCUT2D eigenvalue weighted by Gasteiger charge is -2.33. The van der Waals surface area contributed by atoms with E-state index < -0.39 is 12.1 Å². The van der Waals surface area contributed by atoms with Crippen molar-refractivity contribution in [3.05, 3.63) is 0 Å². The summed E-state index contributed by atoms with van der Waals surface area (Å²) >= 11 is 0. The minimum Gasteiger partial charge on any atom is -0.171 e. The van der Waals surface area contributed by atoms with Crippen LogP contribution in [-0.2, 0) is 0 Å². The Morgan fingerprint density at radius 2 is 1.13 bits per heavy atom. The molecule has 0 aliphatic heterocycles. The largest absolute Gasteiger partial charge is 0.391 e. The van der Waals surface area contributed by atoms with Gasteiger partial charge in [-0.2, -0.15) is 13.2 Å². The third kappa shape index (κ3) is 2.67. The molecule has 88 valence electrons. The standard InChI is InChI=1S/C12H19F3/c13-12(14,15)11-7-5-10(6-8-11)9-3-1-2-4-9/h9-11H,1-8H2. The van der Waals surface area contributed by atoms with Crippen LogP contribution < -0.4 is 0 Å². The van der Waals surface area contributed by atoms with E-state index >= 15 is 0 Å². The van der Waals surface area contributed by atoms with Gasteiger partial charge in [0.2, 0.25) is 0 Å². The zero-order chi connectivity index (χ0) is 10.9. The van der Waals surface area contributed by atoms with Gasteiger partial charge in [0.05, 0.1) is 5.92 Å². The third-order valence-electron chi connectivity index (χ3n) is 4.30. The first-order chi connectivity index (χ1) is 7.07. The molecule has 0 atom stereocenters. The van der Waals surface area contributed by atoms with Crippen molar-refractivity contribution in [2.75, 3.05) is 0 Å². The summed E-state index contributed by atoms with van der Waals surface area (Å²) in [5, 5.41) is 0. The van der Waals surface area contributed by atoms with Gasteiger partial charge in [0.1, 0.15) is 0 Å². The van der Waals surface area contributed by atoms with Gasteiger partial charge in [0.15, 0.2) is 0 Å². The molecule has 0 nitrogen and oxygen atoms in total. The molecule has 15 heavy (non-hydrogen) atoms. The molecule has 2 fully saturated rings. The molecule has 0 aromatic rings. The van der Waals surface area contributed by atoms with Crippen molar-refractivity contribution in [1.29, 1.82) is 0 Å². The average molecular weight is 220 g/mol. The van der Waals surface area contributed by atoms with Gasteiger partial charge in [-0.3, -0.25) is 0 Å². The summed E-state index contributed by atoms with van der Waals surface area (Å²) in [7, 11) is 0. The Morgan fingerprint density at radius 1 is 0.667 bits per heavy atom. The van der Waals surface area contributed by atoms with Crippen molar-refractivity contribution in [3.8, 4) is 0 Å². The zero-order valence-electron chi connectivity index (χ0n) is 9.02. The van der Waals surface area contributed by atoms with Crippen molar-refractivity contribution in [3.63, 3.8) is 0 Å². The summed E-state index contributed by atoms with van der Waals surface area (Å²) in [4.78, 5) is 0. The molecule has 0 heterocycles. The van der Waals surface area contributed by atoms with Crippen LogP contribution in [0.1, 0.15) is 51.4 Å². The fourth-order valence-corrected chi connectivity index (χ4v) is 3.35. The molecule has 2 aliphatic carbocycles. The van der Waals surface area contributed by atoms with E-state index in [1.807, 2.05) is 0 Å². The van der Waals surface area contributed by atoms with Crippen LogP contribution in [0.25, 0.3) is 0 Å². The molecular weight excluding hydrogens is 201 g/mol. The zero-order valence-corrected chi connectivity index (χ0v) is 9.02. The Balaban J connectivity index is 1.81. The van der Waals surface area contributed by atoms with Gasteiger partial charge in [0, 0.05) is 0 Å². The second-order valence-corrected chi connectivity index (χ2v) is 5.20. The van der Waals surface area contributed by atoms with Gasteiger partial charge in [-0.15, -0.1) is 0 Å². The van der Waals surface area contributed by atoms with Crippen molar-refractivity contribution in [1.82, 2.24) is 0 Å². The Morgan fingerprint density at radius 3 is 1.60 bits per heavy atom. The molecule has 0 saturated heterocycles. The summed E-state index contributed by atoms with van der Waals surface area (Å²) in [6, 6.07) is 0. The fourth-order valence-electron chi connectivity index (χ4n) is 3.35. The summed E-state index contributed by atoms with van der Waals surface area (Å²) in [5.41, 5.74) is 0. The molecule has 0 amide bonds. The second kappa shape index (κ2) is 4.34. The smallest absolute Gasteiger partial charge is 0.171 e. The highest BCUT2D eigenvalue weighted by atomic mass is 19.4. The van der Waals surface area contributed by atoms with E-state index in [1.165, 1.54) is 25.7 Å². The molecule has 2 aliphatic rings. The highest BCUT2D eigenvalue weighted by Crippen LogP contribution is 2.44. The maximum atomic E-state index is 12.4. The maximum absolute atomic E-state index is 12.4. The number of rotatable bonds is 1. The normalized spacial score (nSPS) is 34.6. The summed E-state index contributed by atoms with van der Waals surface area (Å²) in [6.07, 6.45) is 3.57. The first-order valence-electron chi connectivity index (χ1n) is 6.14. The lowest BCUT2D eigenvalue weighted by molar-refractivity contribution is -0.184. The van der Waals surface area contributed by atoms with Gasteiger partial charge in [-0.1, -0.05) is 25.7 Å². The number of hydrogen-bond donors (Lipinski definition) is 0. The van der Waals surface area contributed by atoms with Crippen LogP contribution >= 0.6 is 0 Å². The monoisotopic (exact) mass is 220 g/mol. The predicted octanol–water partition coefficient (Wildman–Crippen LogP) is 4.55. The van der Waals surface area contributed by atoms with Crippen LogP contribution in [0.5, 0.6) is 0 Å². The molecule has 0 radical (unpaired) electrons. The number of alkyl halides is 3. The van der Waals surface area contributed by atoms with Crippen molar-refractivity contribution >= 4 is 0 Å². The maximum Gasteiger partial charge on any atom is 0.391 e. The van der Waals surface area contributed by atoms with E-state index in [1.54, 1.807) is 0 Å². The van der Waals surface area contributed by atoms with Gasteiger partial charge in [-0.05, 0) is 37.5 Å². The van der Waals surface area contributed by atoms with Gasteiger partial charge >= 0.3 is 6.18 Å². The molecule has 2 saturated carbocycles. The molecule has 0 aromatic heterocycles. The van der Waals surface area contributed by atoms with Crippen LogP contribution in [0.4, 0.5) is 13.2 Å². The minimum absolute atomic E-state index is 0.380. The van der Waals surface area contributed by atoms with Gasteiger partial charge in [-0.25, -0.2) is 0 Å². The topological polar surface area (TPSA) is 0 Å². The first-order valence-corrected chi connectivity index (χ1v) is 6.14. The second-order valence-electron chi connectivity index (χ2n) is 5.20. The summed E-state index contributed by atoms with van der Waals surface area (Å²) in [6.45, 7) is 0. The Kier molecular flexibility index (Phi) is 3.27. The van der Waals surface area contributed by atoms with Gasteiger partial charge in [0.25, 0.3) is 0 Å². The number of halogens is 3. The minimum atomic E-state index is -3.94. The molecular formula is C12H19F3. The van der Waals surface area contributed by atoms with E-state index in [-0.39, 0.29) is 0 Å². The highest BCUT2D eigenvalue weighted by Gasteiger charge is 2.42. The highest BCUT2D eigenvalue weighted by molar-refractivity contribution is 4.82. The molecule has 3 heteroatoms. The lowest BCUT2D eigenvalue weighted by Crippen LogP contribution is -2.29. The lowest BCUT2D eigenvalue weighted by atomic mass is 9.75. The van der Waals surface area contributed by atoms with Crippen molar-refractivity contribution in [2.24, 2.45) is 17.8 Å². The predicted molar refractivity (Wildman–Crippen MR) is 53.5 cm³/mol. The molecule has 0 N–H and O–H groups in total. The number of hydrogen-bond acceptors (Lipinski definition) is 0. The Bertz CT molecular complexity index is 195. The molecule has 0 unspecified atom stereocenters. The molecule has 2 rings (SSSR count). The van der Waals surface area contributed by atoms with E-state index in [0.29, 0.717) is 18.8 Å². The van der Waals surface area contributed by atoms with Crippen LogP contribution in [0.15, 0.2) is 0 Å². The SMILES string of the molecule is FC(F)(F)C1CCC(C2CCCC2)CC1. The first kappa shape index (κ1) is 11.3. The fraction of sp³-hybridized carbons (Fsp3) is 1.00. The van der Waals surface area contributed by atoms with Crippen molar-refractivity contribution in [2.45, 2.75) is 57.5 Å². The van der Waals surface area contributed by atoms with Crippen molar-refractivity contribution < 1.29 is 13.2 Å². The molecule has 0 aromatic carbocycles. The van der Waals surface area contributed by atoms with E-state index in [0.717, 1.165) is 18.8 Å². The van der Waals surface area contributed by atoms with Crippen LogP contribution in [0.2, 0.25) is 0 Å². The Labute approximate surface area is 89.2 Å². The summed E-state index contributed by atoms with van der Waals surface area (Å²) < 4.78 is 37.3. The van der Waals surface area contributed by atoms with Crippen LogP contribution in [0, 0.1) is 17.8 Å². The van der Waals surface area contributed by atoms with E-state index in [4.69, 9.17) is 0 Å². The van der Waals surface area contributed by atoms with Gasteiger partial charge < -0.3 is 0 Å². The summed E-state index contributed by atoms with van der Waals surface area (Å²) in [5.74, 6) is 0.348. The van der Waals surface area contributed by atoms with Crippen LogP contribution in [-0.4, -0.2) is 6.18 Å². The quantitative estimate of drug-likeness (QED) is 0.608. The Hall–Kier alpha value is -0.210. The molecule has 0 spiro atoms. The average Bonchev–Trinajstić information content (AvgIpc) is 2.69. The van der Waals surface area contributed by atoms with E-state index in [2.05, 4.69) is 0 Å². The van der Waals surface area contributed by atoms with Crippen LogP contribution in [0.3, 0.4) is 0 Å².